The molecule has 4 nitrogen and oxygen atoms in total. The van der Waals surface area contributed by atoms with Crippen molar-refractivity contribution < 1.29 is 9.90 Å². The molecule has 1 rings (SSSR count). The minimum absolute atomic E-state index is 0.220. The van der Waals surface area contributed by atoms with Crippen LogP contribution in [0.15, 0.2) is 0 Å². The average Bonchev–Trinajstić information content (AvgIpc) is 3.08. The van der Waals surface area contributed by atoms with Gasteiger partial charge in [-0.05, 0) is 32.1 Å². The summed E-state index contributed by atoms with van der Waals surface area (Å²) in [6, 6.07) is 0.683. The summed E-state index contributed by atoms with van der Waals surface area (Å²) in [6.07, 6.45) is 5.96. The molecule has 2 N–H and O–H groups in total. The molecule has 0 bridgehead atoms. The van der Waals surface area contributed by atoms with Crippen LogP contribution in [-0.2, 0) is 4.79 Å². The molecule has 0 spiro atoms. The van der Waals surface area contributed by atoms with E-state index in [-0.39, 0.29) is 12.5 Å². The number of amides is 1. The van der Waals surface area contributed by atoms with Crippen molar-refractivity contribution in [2.24, 2.45) is 0 Å². The minimum Gasteiger partial charge on any atom is -0.396 e. The fraction of sp³-hybridized carbons (Fsp3) is 0.917. The second kappa shape index (κ2) is 7.63. The van der Waals surface area contributed by atoms with Crippen LogP contribution < -0.4 is 5.32 Å². The predicted octanol–water partition coefficient (Wildman–Crippen LogP) is 0.749. The maximum atomic E-state index is 11.6. The number of hydrogen-bond donors (Lipinski definition) is 2. The molecule has 94 valence electrons. The van der Waals surface area contributed by atoms with E-state index in [2.05, 4.69) is 5.32 Å². The van der Waals surface area contributed by atoms with Gasteiger partial charge < -0.3 is 15.3 Å². The Balaban J connectivity index is 1.95. The molecular formula is C12H24N2O2. The van der Waals surface area contributed by atoms with E-state index in [1.807, 2.05) is 7.05 Å². The first-order valence-electron chi connectivity index (χ1n) is 6.32. The quantitative estimate of drug-likeness (QED) is 0.573. The third kappa shape index (κ3) is 6.08. The molecule has 1 aliphatic carbocycles. The molecule has 1 aliphatic rings. The third-order valence-electron chi connectivity index (χ3n) is 2.93. The maximum Gasteiger partial charge on any atom is 0.223 e. The number of nitrogens with zero attached hydrogens (tertiary/aromatic N) is 1. The Kier molecular flexibility index (Phi) is 6.42. The van der Waals surface area contributed by atoms with Gasteiger partial charge in [0.1, 0.15) is 0 Å². The van der Waals surface area contributed by atoms with Gasteiger partial charge in [0.15, 0.2) is 0 Å². The lowest BCUT2D eigenvalue weighted by molar-refractivity contribution is -0.129. The summed E-state index contributed by atoms with van der Waals surface area (Å²) in [6.45, 7) is 1.87. The highest BCUT2D eigenvalue weighted by atomic mass is 16.2. The standard InChI is InChI=1S/C12H24N2O2/c1-14(9-3-2-4-10-15)12(16)7-8-13-11-5-6-11/h11,13,15H,2-10H2,1H3. The zero-order valence-electron chi connectivity index (χ0n) is 10.2. The van der Waals surface area contributed by atoms with Crippen molar-refractivity contribution >= 4 is 5.91 Å². The molecule has 0 atom stereocenters. The summed E-state index contributed by atoms with van der Waals surface area (Å²) >= 11 is 0. The van der Waals surface area contributed by atoms with E-state index in [1.165, 1.54) is 12.8 Å². The van der Waals surface area contributed by atoms with Crippen LogP contribution in [0.2, 0.25) is 0 Å². The van der Waals surface area contributed by atoms with Crippen LogP contribution in [0.4, 0.5) is 0 Å². The van der Waals surface area contributed by atoms with Crippen molar-refractivity contribution in [3.63, 3.8) is 0 Å². The molecule has 0 aromatic carbocycles. The molecule has 1 saturated carbocycles. The van der Waals surface area contributed by atoms with Gasteiger partial charge in [0.2, 0.25) is 5.91 Å². The first-order valence-corrected chi connectivity index (χ1v) is 6.32. The van der Waals surface area contributed by atoms with Crippen molar-refractivity contribution in [1.29, 1.82) is 0 Å². The minimum atomic E-state index is 0.220. The Bertz CT molecular complexity index is 205. The van der Waals surface area contributed by atoms with Gasteiger partial charge in [0, 0.05) is 39.2 Å². The molecule has 16 heavy (non-hydrogen) atoms. The number of unbranched alkanes of at least 4 members (excludes halogenated alkanes) is 2. The Labute approximate surface area is 98.0 Å². The van der Waals surface area contributed by atoms with E-state index in [0.29, 0.717) is 12.5 Å². The Morgan fingerprint density at radius 2 is 2.12 bits per heavy atom. The summed E-state index contributed by atoms with van der Waals surface area (Å²) in [5.41, 5.74) is 0. The number of carbonyl (C=O) groups excluding carboxylic acids is 1. The molecule has 1 amide bonds. The van der Waals surface area contributed by atoms with Crippen molar-refractivity contribution in [1.82, 2.24) is 10.2 Å². The van der Waals surface area contributed by atoms with E-state index in [9.17, 15) is 4.79 Å². The highest BCUT2D eigenvalue weighted by molar-refractivity contribution is 5.76. The molecular weight excluding hydrogens is 204 g/mol. The lowest BCUT2D eigenvalue weighted by Crippen LogP contribution is -2.31. The van der Waals surface area contributed by atoms with Gasteiger partial charge in [0.05, 0.1) is 0 Å². The molecule has 0 radical (unpaired) electrons. The summed E-state index contributed by atoms with van der Waals surface area (Å²) in [7, 11) is 1.86. The van der Waals surface area contributed by atoms with Crippen molar-refractivity contribution in [2.75, 3.05) is 26.7 Å². The molecule has 0 aromatic heterocycles. The molecule has 0 saturated heterocycles. The largest absolute Gasteiger partial charge is 0.396 e. The van der Waals surface area contributed by atoms with Gasteiger partial charge in [-0.25, -0.2) is 0 Å². The number of nitrogens with one attached hydrogen (secondary N) is 1. The lowest BCUT2D eigenvalue weighted by Gasteiger charge is -2.17. The van der Waals surface area contributed by atoms with Gasteiger partial charge >= 0.3 is 0 Å². The first-order chi connectivity index (χ1) is 7.74. The summed E-state index contributed by atoms with van der Waals surface area (Å²) in [4.78, 5) is 13.4. The predicted molar refractivity (Wildman–Crippen MR) is 64.2 cm³/mol. The van der Waals surface area contributed by atoms with Crippen LogP contribution in [0.1, 0.15) is 38.5 Å². The third-order valence-corrected chi connectivity index (χ3v) is 2.93. The Hall–Kier alpha value is -0.610. The van der Waals surface area contributed by atoms with Gasteiger partial charge in [-0.3, -0.25) is 4.79 Å². The van der Waals surface area contributed by atoms with Crippen LogP contribution in [0.3, 0.4) is 0 Å². The zero-order valence-corrected chi connectivity index (χ0v) is 10.2. The number of hydrogen-bond acceptors (Lipinski definition) is 3. The summed E-state index contributed by atoms with van der Waals surface area (Å²) in [5.74, 6) is 0.220. The van der Waals surface area contributed by atoms with Gasteiger partial charge in [-0.1, -0.05) is 0 Å². The van der Waals surface area contributed by atoms with Gasteiger partial charge in [-0.2, -0.15) is 0 Å². The lowest BCUT2D eigenvalue weighted by atomic mass is 10.2. The SMILES string of the molecule is CN(CCCCCO)C(=O)CCNC1CC1. The van der Waals surface area contributed by atoms with Crippen LogP contribution in [0, 0.1) is 0 Å². The van der Waals surface area contributed by atoms with Gasteiger partial charge in [-0.15, -0.1) is 0 Å². The topological polar surface area (TPSA) is 52.6 Å². The van der Waals surface area contributed by atoms with Crippen molar-refractivity contribution in [3.8, 4) is 0 Å². The number of rotatable bonds is 9. The average molecular weight is 228 g/mol. The molecule has 1 fully saturated rings. The van der Waals surface area contributed by atoms with E-state index < -0.39 is 0 Å². The highest BCUT2D eigenvalue weighted by Gasteiger charge is 2.20. The monoisotopic (exact) mass is 228 g/mol. The number of aliphatic hydroxyl groups excluding tert-OH is 1. The Morgan fingerprint density at radius 1 is 1.38 bits per heavy atom. The Morgan fingerprint density at radius 3 is 2.75 bits per heavy atom. The molecule has 0 aromatic rings. The second-order valence-electron chi connectivity index (χ2n) is 4.58. The molecule has 0 aliphatic heterocycles. The second-order valence-corrected chi connectivity index (χ2v) is 4.58. The molecule has 0 unspecified atom stereocenters. The van der Waals surface area contributed by atoms with Crippen LogP contribution >= 0.6 is 0 Å². The fourth-order valence-electron chi connectivity index (χ4n) is 1.62. The smallest absolute Gasteiger partial charge is 0.223 e. The van der Waals surface area contributed by atoms with Gasteiger partial charge in [0.25, 0.3) is 0 Å². The van der Waals surface area contributed by atoms with Crippen molar-refractivity contribution in [3.05, 3.63) is 0 Å². The van der Waals surface area contributed by atoms with Crippen LogP contribution in [0.5, 0.6) is 0 Å². The fourth-order valence-corrected chi connectivity index (χ4v) is 1.62. The number of carbonyl (C=O) groups is 1. The zero-order chi connectivity index (χ0) is 11.8. The maximum absolute atomic E-state index is 11.6. The normalized spacial score (nSPS) is 15.1. The van der Waals surface area contributed by atoms with Crippen LogP contribution in [0.25, 0.3) is 0 Å². The van der Waals surface area contributed by atoms with E-state index in [4.69, 9.17) is 5.11 Å². The van der Waals surface area contributed by atoms with E-state index >= 15 is 0 Å². The summed E-state index contributed by atoms with van der Waals surface area (Å²) < 4.78 is 0. The number of aliphatic hydroxyl groups is 1. The van der Waals surface area contributed by atoms with E-state index in [1.54, 1.807) is 4.90 Å². The summed E-state index contributed by atoms with van der Waals surface area (Å²) in [5, 5.41) is 12.0. The first kappa shape index (κ1) is 13.5. The van der Waals surface area contributed by atoms with Crippen LogP contribution in [-0.4, -0.2) is 48.7 Å². The van der Waals surface area contributed by atoms with Crippen molar-refractivity contribution in [2.45, 2.75) is 44.6 Å². The molecule has 0 heterocycles. The highest BCUT2D eigenvalue weighted by Crippen LogP contribution is 2.18. The van der Waals surface area contributed by atoms with E-state index in [0.717, 1.165) is 32.4 Å². The molecule has 4 heteroatoms.